The Balaban J connectivity index is 1.91. The highest BCUT2D eigenvalue weighted by Gasteiger charge is 2.21. The first-order valence-corrected chi connectivity index (χ1v) is 7.26. The Morgan fingerprint density at radius 1 is 1.24 bits per heavy atom. The van der Waals surface area contributed by atoms with Crippen LogP contribution >= 0.6 is 0 Å². The topological polar surface area (TPSA) is 38.5 Å². The number of hydrogen-bond acceptors (Lipinski definition) is 4. The Morgan fingerprint density at radius 2 is 1.95 bits per heavy atom. The zero-order valence-corrected chi connectivity index (χ0v) is 12.3. The van der Waals surface area contributed by atoms with Gasteiger partial charge in [-0.1, -0.05) is 36.9 Å². The average Bonchev–Trinajstić information content (AvgIpc) is 2.93. The van der Waals surface area contributed by atoms with Crippen LogP contribution in [0.5, 0.6) is 0 Å². The minimum absolute atomic E-state index is 0.627. The van der Waals surface area contributed by atoms with E-state index in [1.54, 1.807) is 0 Å². The van der Waals surface area contributed by atoms with Gasteiger partial charge in [0.15, 0.2) is 0 Å². The summed E-state index contributed by atoms with van der Waals surface area (Å²) in [6, 6.07) is 10.3. The Bertz CT molecular complexity index is 613. The van der Waals surface area contributed by atoms with Crippen molar-refractivity contribution in [2.75, 3.05) is 31.2 Å². The zero-order valence-electron chi connectivity index (χ0n) is 12.3. The molecule has 1 aliphatic heterocycles. The van der Waals surface area contributed by atoms with Crippen LogP contribution in [0, 0.1) is 0 Å². The molecule has 1 aliphatic rings. The Kier molecular flexibility index (Phi) is 4.06. The first-order chi connectivity index (χ1) is 10.2. The first-order valence-electron chi connectivity index (χ1n) is 7.26. The van der Waals surface area contributed by atoms with E-state index in [2.05, 4.69) is 28.6 Å². The summed E-state index contributed by atoms with van der Waals surface area (Å²) in [6.07, 6.45) is 0.768. The highest BCUT2D eigenvalue weighted by Crippen LogP contribution is 2.28. The van der Waals surface area contributed by atoms with Gasteiger partial charge in [0.05, 0.1) is 13.2 Å². The molecule has 4 heteroatoms. The van der Waals surface area contributed by atoms with Gasteiger partial charge in [-0.2, -0.15) is 0 Å². The van der Waals surface area contributed by atoms with Crippen LogP contribution in [0.25, 0.3) is 5.57 Å². The smallest absolute Gasteiger partial charge is 0.224 e. The maximum absolute atomic E-state index is 5.95. The second-order valence-corrected chi connectivity index (χ2v) is 5.31. The van der Waals surface area contributed by atoms with E-state index in [-0.39, 0.29) is 0 Å². The summed E-state index contributed by atoms with van der Waals surface area (Å²) in [7, 11) is 0. The molecule has 21 heavy (non-hydrogen) atoms. The predicted octanol–water partition coefficient (Wildman–Crippen LogP) is 3.14. The summed E-state index contributed by atoms with van der Waals surface area (Å²) in [5.74, 6) is 1.49. The number of anilines is 1. The molecule has 0 spiro atoms. The highest BCUT2D eigenvalue weighted by molar-refractivity contribution is 5.56. The van der Waals surface area contributed by atoms with Crippen LogP contribution in [0.15, 0.2) is 41.3 Å². The van der Waals surface area contributed by atoms with Crippen LogP contribution < -0.4 is 4.90 Å². The van der Waals surface area contributed by atoms with Gasteiger partial charge in [0.1, 0.15) is 5.69 Å². The third-order valence-corrected chi connectivity index (χ3v) is 3.55. The Morgan fingerprint density at radius 3 is 2.62 bits per heavy atom. The number of hydrogen-bond donors (Lipinski definition) is 0. The average molecular weight is 284 g/mol. The van der Waals surface area contributed by atoms with Gasteiger partial charge in [-0.15, -0.1) is 0 Å². The van der Waals surface area contributed by atoms with E-state index in [4.69, 9.17) is 9.15 Å². The zero-order chi connectivity index (χ0) is 14.7. The number of nitrogens with zero attached hydrogens (tertiary/aromatic N) is 2. The molecule has 1 aromatic heterocycles. The number of benzene rings is 1. The number of morpholine rings is 1. The van der Waals surface area contributed by atoms with Crippen LogP contribution in [0.3, 0.4) is 0 Å². The fourth-order valence-electron chi connectivity index (χ4n) is 2.44. The quantitative estimate of drug-likeness (QED) is 0.864. The maximum atomic E-state index is 5.95. The van der Waals surface area contributed by atoms with Crippen LogP contribution in [0.4, 0.5) is 5.88 Å². The van der Waals surface area contributed by atoms with Gasteiger partial charge >= 0.3 is 0 Å². The third-order valence-electron chi connectivity index (χ3n) is 3.55. The molecular formula is C17H20N2O2. The Labute approximate surface area is 125 Å². The summed E-state index contributed by atoms with van der Waals surface area (Å²) < 4.78 is 11.4. The molecule has 110 valence electrons. The molecule has 3 rings (SSSR count). The van der Waals surface area contributed by atoms with Crippen LogP contribution in [-0.4, -0.2) is 31.3 Å². The molecule has 0 aliphatic carbocycles. The van der Waals surface area contributed by atoms with Crippen LogP contribution in [0.1, 0.15) is 24.1 Å². The Hall–Kier alpha value is -2.07. The molecular weight excluding hydrogens is 264 g/mol. The lowest BCUT2D eigenvalue weighted by Crippen LogP contribution is -2.36. The van der Waals surface area contributed by atoms with E-state index in [0.717, 1.165) is 49.9 Å². The van der Waals surface area contributed by atoms with E-state index >= 15 is 0 Å². The number of ether oxygens (including phenoxy) is 1. The number of rotatable bonds is 4. The molecule has 1 aromatic carbocycles. The molecule has 0 N–H and O–H groups in total. The van der Waals surface area contributed by atoms with Gasteiger partial charge in [-0.25, -0.2) is 4.98 Å². The van der Waals surface area contributed by atoms with Crippen LogP contribution in [0.2, 0.25) is 0 Å². The lowest BCUT2D eigenvalue weighted by Gasteiger charge is -2.26. The van der Waals surface area contributed by atoms with Crippen molar-refractivity contribution in [1.29, 1.82) is 0 Å². The third kappa shape index (κ3) is 3.16. The van der Waals surface area contributed by atoms with E-state index in [9.17, 15) is 0 Å². The van der Waals surface area contributed by atoms with Crippen molar-refractivity contribution in [1.82, 2.24) is 4.98 Å². The van der Waals surface area contributed by atoms with E-state index in [1.165, 1.54) is 5.56 Å². The minimum atomic E-state index is 0.627. The van der Waals surface area contributed by atoms with Crippen LogP contribution in [-0.2, 0) is 11.2 Å². The SMILES string of the molecule is C=C(C)c1nc(Cc2ccccc2)c(N2CCOCC2)o1. The van der Waals surface area contributed by atoms with Gasteiger partial charge in [0.2, 0.25) is 11.8 Å². The summed E-state index contributed by atoms with van der Waals surface area (Å²) in [4.78, 5) is 6.84. The molecule has 2 heterocycles. The highest BCUT2D eigenvalue weighted by atomic mass is 16.5. The largest absolute Gasteiger partial charge is 0.421 e. The van der Waals surface area contributed by atoms with Gasteiger partial charge in [-0.05, 0) is 12.5 Å². The molecule has 1 saturated heterocycles. The lowest BCUT2D eigenvalue weighted by molar-refractivity contribution is 0.120. The van der Waals surface area contributed by atoms with Crippen molar-refractivity contribution in [3.63, 3.8) is 0 Å². The standard InChI is InChI=1S/C17H20N2O2/c1-13(2)16-18-15(12-14-6-4-3-5-7-14)17(21-16)19-8-10-20-11-9-19/h3-7H,1,8-12H2,2H3. The molecule has 0 unspecified atom stereocenters. The van der Waals surface area contributed by atoms with Gasteiger partial charge in [0.25, 0.3) is 0 Å². The van der Waals surface area contributed by atoms with Crippen molar-refractivity contribution >= 4 is 11.5 Å². The van der Waals surface area contributed by atoms with Crippen molar-refractivity contribution in [2.45, 2.75) is 13.3 Å². The number of allylic oxidation sites excluding steroid dienone is 1. The minimum Gasteiger partial charge on any atom is -0.421 e. The van der Waals surface area contributed by atoms with E-state index in [0.29, 0.717) is 5.89 Å². The molecule has 4 nitrogen and oxygen atoms in total. The molecule has 0 atom stereocenters. The second kappa shape index (κ2) is 6.14. The summed E-state index contributed by atoms with van der Waals surface area (Å²) >= 11 is 0. The monoisotopic (exact) mass is 284 g/mol. The van der Waals surface area contributed by atoms with Crippen molar-refractivity contribution in [2.24, 2.45) is 0 Å². The number of aromatic nitrogens is 1. The van der Waals surface area contributed by atoms with Crippen molar-refractivity contribution in [3.8, 4) is 0 Å². The molecule has 0 radical (unpaired) electrons. The van der Waals surface area contributed by atoms with Crippen molar-refractivity contribution < 1.29 is 9.15 Å². The first kappa shape index (κ1) is 13.9. The van der Waals surface area contributed by atoms with Crippen molar-refractivity contribution in [3.05, 3.63) is 54.1 Å². The summed E-state index contributed by atoms with van der Waals surface area (Å²) in [5.41, 5.74) is 3.05. The van der Waals surface area contributed by atoms with Gasteiger partial charge in [-0.3, -0.25) is 0 Å². The van der Waals surface area contributed by atoms with Gasteiger partial charge in [0, 0.05) is 25.1 Å². The molecule has 0 bridgehead atoms. The molecule has 1 fully saturated rings. The van der Waals surface area contributed by atoms with E-state index < -0.39 is 0 Å². The normalized spacial score (nSPS) is 15.2. The van der Waals surface area contributed by atoms with Gasteiger partial charge < -0.3 is 14.1 Å². The summed E-state index contributed by atoms with van der Waals surface area (Å²) in [5, 5.41) is 0. The lowest BCUT2D eigenvalue weighted by atomic mass is 10.1. The number of oxazole rings is 1. The predicted molar refractivity (Wildman–Crippen MR) is 83.5 cm³/mol. The molecule has 0 amide bonds. The second-order valence-electron chi connectivity index (χ2n) is 5.31. The summed E-state index contributed by atoms with van der Waals surface area (Å²) in [6.45, 7) is 8.99. The maximum Gasteiger partial charge on any atom is 0.224 e. The molecule has 2 aromatic rings. The fourth-order valence-corrected chi connectivity index (χ4v) is 2.44. The fraction of sp³-hybridized carbons (Fsp3) is 0.353. The molecule has 0 saturated carbocycles. The van der Waals surface area contributed by atoms with E-state index in [1.807, 2.05) is 25.1 Å².